The highest BCUT2D eigenvalue weighted by Crippen LogP contribution is 2.41. The Morgan fingerprint density at radius 1 is 0.568 bits per heavy atom. The number of nitrogens with zero attached hydrogens (tertiary/aromatic N) is 2. The number of anilines is 2. The molecule has 6 heteroatoms. The van der Waals surface area contributed by atoms with Crippen LogP contribution in [0.25, 0.3) is 0 Å². The molecule has 2 aliphatic heterocycles. The summed E-state index contributed by atoms with van der Waals surface area (Å²) in [6.45, 7) is 4.03. The van der Waals surface area contributed by atoms with Crippen molar-refractivity contribution >= 4 is 35.0 Å². The fraction of sp³-hybridized carbons (Fsp3) is 0.355. The van der Waals surface area contributed by atoms with Crippen molar-refractivity contribution in [1.82, 2.24) is 0 Å². The summed E-state index contributed by atoms with van der Waals surface area (Å²) in [5.74, 6) is -1.35. The minimum atomic E-state index is -0.243. The van der Waals surface area contributed by atoms with Crippen LogP contribution in [0.5, 0.6) is 0 Å². The number of carbonyl (C=O) groups is 4. The number of hydrogen-bond donors (Lipinski definition) is 0. The first-order valence-corrected chi connectivity index (χ1v) is 13.1. The fourth-order valence-corrected chi connectivity index (χ4v) is 6.35. The molecule has 4 aliphatic rings. The van der Waals surface area contributed by atoms with Crippen molar-refractivity contribution in [1.29, 1.82) is 0 Å². The topological polar surface area (TPSA) is 74.8 Å². The Morgan fingerprint density at radius 2 is 0.919 bits per heavy atom. The van der Waals surface area contributed by atoms with Crippen LogP contribution in [-0.4, -0.2) is 23.6 Å². The van der Waals surface area contributed by atoms with Crippen molar-refractivity contribution < 1.29 is 19.2 Å². The van der Waals surface area contributed by atoms with Crippen LogP contribution in [0.2, 0.25) is 0 Å². The molecule has 0 radical (unpaired) electrons. The third-order valence-corrected chi connectivity index (χ3v) is 8.44. The minimum absolute atomic E-state index is 0.0948. The summed E-state index contributed by atoms with van der Waals surface area (Å²) in [5, 5.41) is 0. The molecule has 0 spiro atoms. The van der Waals surface area contributed by atoms with Crippen LogP contribution in [0, 0.1) is 23.7 Å². The molecule has 6 nitrogen and oxygen atoms in total. The lowest BCUT2D eigenvalue weighted by molar-refractivity contribution is -0.124. The number of amides is 4. The molecule has 2 fully saturated rings. The van der Waals surface area contributed by atoms with E-state index >= 15 is 0 Å². The van der Waals surface area contributed by atoms with Gasteiger partial charge in [0.1, 0.15) is 0 Å². The zero-order chi connectivity index (χ0) is 25.8. The molecule has 2 aromatic rings. The molecule has 0 N–H and O–H groups in total. The smallest absolute Gasteiger partial charge is 0.238 e. The van der Waals surface area contributed by atoms with E-state index in [1.807, 2.05) is 62.4 Å². The van der Waals surface area contributed by atoms with E-state index in [2.05, 4.69) is 12.2 Å². The molecule has 188 valence electrons. The maximum Gasteiger partial charge on any atom is 0.238 e. The van der Waals surface area contributed by atoms with Crippen molar-refractivity contribution in [2.45, 2.75) is 46.0 Å². The first kappa shape index (κ1) is 23.6. The normalized spacial score (nSPS) is 27.3. The van der Waals surface area contributed by atoms with Gasteiger partial charge in [-0.1, -0.05) is 47.6 Å². The lowest BCUT2D eigenvalue weighted by Gasteiger charge is -2.18. The molecule has 0 unspecified atom stereocenters. The quantitative estimate of drug-likeness (QED) is 0.444. The number of fused-ring (bicyclic) bond motifs is 2. The Hall–Kier alpha value is -3.80. The molecule has 0 bridgehead atoms. The molecular formula is C31H30N2O4. The number of allylic oxidation sites excluding steroid dienone is 4. The van der Waals surface area contributed by atoms with E-state index in [0.29, 0.717) is 43.5 Å². The number of carbonyl (C=O) groups excluding carboxylic acids is 4. The Labute approximate surface area is 216 Å². The van der Waals surface area contributed by atoms with E-state index in [1.165, 1.54) is 20.9 Å². The number of hydrogen-bond acceptors (Lipinski definition) is 4. The number of benzene rings is 2. The first-order chi connectivity index (χ1) is 17.8. The molecule has 0 aromatic heterocycles. The van der Waals surface area contributed by atoms with Crippen molar-refractivity contribution in [2.75, 3.05) is 9.80 Å². The van der Waals surface area contributed by atoms with Crippen molar-refractivity contribution in [3.63, 3.8) is 0 Å². The van der Waals surface area contributed by atoms with Gasteiger partial charge in [-0.3, -0.25) is 29.0 Å². The molecule has 6 rings (SSSR count). The van der Waals surface area contributed by atoms with E-state index in [4.69, 9.17) is 0 Å². The maximum absolute atomic E-state index is 13.0. The van der Waals surface area contributed by atoms with E-state index in [1.54, 1.807) is 0 Å². The van der Waals surface area contributed by atoms with E-state index < -0.39 is 0 Å². The summed E-state index contributed by atoms with van der Waals surface area (Å²) in [6.07, 6.45) is 7.40. The third-order valence-electron chi connectivity index (χ3n) is 8.44. The first-order valence-electron chi connectivity index (χ1n) is 13.1. The molecule has 2 aliphatic carbocycles. The molecule has 37 heavy (non-hydrogen) atoms. The van der Waals surface area contributed by atoms with Gasteiger partial charge in [0.05, 0.1) is 35.0 Å². The lowest BCUT2D eigenvalue weighted by atomic mass is 9.82. The van der Waals surface area contributed by atoms with Crippen LogP contribution in [0.4, 0.5) is 11.4 Å². The van der Waals surface area contributed by atoms with Crippen molar-refractivity contribution in [3.05, 3.63) is 83.0 Å². The standard InChI is InChI=1S/C31H30N2O4/c1-18-3-13-24-26(15-18)30(36)32(28(24)34)22-9-5-20(6-10-22)17-21-7-11-23(12-8-21)33-29(35)25-14-4-19(2)16-27(25)31(33)37/h3-12,24-27H,13-17H2,1-2H3/t24-,25-,26+,27+/m1/s1. The summed E-state index contributed by atoms with van der Waals surface area (Å²) in [5.41, 5.74) is 5.69. The second-order valence-corrected chi connectivity index (χ2v) is 10.9. The van der Waals surface area contributed by atoms with Gasteiger partial charge in [-0.05, 0) is 81.3 Å². The lowest BCUT2D eigenvalue weighted by Crippen LogP contribution is -2.30. The van der Waals surface area contributed by atoms with Gasteiger partial charge in [-0.15, -0.1) is 0 Å². The van der Waals surface area contributed by atoms with E-state index in [9.17, 15) is 19.2 Å². The number of rotatable bonds is 4. The average Bonchev–Trinajstić information content (AvgIpc) is 3.28. The molecule has 2 heterocycles. The van der Waals surface area contributed by atoms with Crippen LogP contribution < -0.4 is 9.80 Å². The van der Waals surface area contributed by atoms with Gasteiger partial charge in [0, 0.05) is 0 Å². The highest BCUT2D eigenvalue weighted by molar-refractivity contribution is 6.23. The summed E-state index contributed by atoms with van der Waals surface area (Å²) < 4.78 is 0. The molecule has 2 aromatic carbocycles. The predicted molar refractivity (Wildman–Crippen MR) is 141 cm³/mol. The molecule has 4 amide bonds. The Morgan fingerprint density at radius 3 is 1.30 bits per heavy atom. The highest BCUT2D eigenvalue weighted by Gasteiger charge is 2.49. The highest BCUT2D eigenvalue weighted by atomic mass is 16.2. The summed E-state index contributed by atoms with van der Waals surface area (Å²) >= 11 is 0. The average molecular weight is 495 g/mol. The predicted octanol–water partition coefficient (Wildman–Crippen LogP) is 4.97. The third kappa shape index (κ3) is 3.95. The second kappa shape index (κ2) is 8.94. The summed E-state index contributed by atoms with van der Waals surface area (Å²) in [4.78, 5) is 54.6. The number of imide groups is 2. The zero-order valence-electron chi connectivity index (χ0n) is 21.1. The van der Waals surface area contributed by atoms with Crippen LogP contribution in [0.1, 0.15) is 50.7 Å². The summed E-state index contributed by atoms with van der Waals surface area (Å²) in [6, 6.07) is 15.2. The van der Waals surface area contributed by atoms with E-state index in [0.717, 1.165) is 11.1 Å². The molecular weight excluding hydrogens is 464 g/mol. The zero-order valence-corrected chi connectivity index (χ0v) is 21.1. The summed E-state index contributed by atoms with van der Waals surface area (Å²) in [7, 11) is 0. The molecule has 2 saturated heterocycles. The van der Waals surface area contributed by atoms with Crippen LogP contribution in [0.15, 0.2) is 71.8 Å². The van der Waals surface area contributed by atoms with Gasteiger partial charge in [-0.2, -0.15) is 0 Å². The van der Waals surface area contributed by atoms with Gasteiger partial charge in [0.25, 0.3) is 0 Å². The second-order valence-electron chi connectivity index (χ2n) is 10.9. The Kier molecular flexibility index (Phi) is 5.70. The van der Waals surface area contributed by atoms with Crippen LogP contribution >= 0.6 is 0 Å². The molecule has 0 saturated carbocycles. The minimum Gasteiger partial charge on any atom is -0.274 e. The van der Waals surface area contributed by atoms with Gasteiger partial charge in [-0.25, -0.2) is 0 Å². The van der Waals surface area contributed by atoms with Crippen molar-refractivity contribution in [3.8, 4) is 0 Å². The van der Waals surface area contributed by atoms with Crippen LogP contribution in [-0.2, 0) is 25.6 Å². The largest absolute Gasteiger partial charge is 0.274 e. The molecule has 4 atom stereocenters. The monoisotopic (exact) mass is 494 g/mol. The van der Waals surface area contributed by atoms with Gasteiger partial charge in [0.2, 0.25) is 23.6 Å². The van der Waals surface area contributed by atoms with E-state index in [-0.39, 0.29) is 47.3 Å². The van der Waals surface area contributed by atoms with Gasteiger partial charge in [0.15, 0.2) is 0 Å². The fourth-order valence-electron chi connectivity index (χ4n) is 6.35. The van der Waals surface area contributed by atoms with Crippen LogP contribution in [0.3, 0.4) is 0 Å². The van der Waals surface area contributed by atoms with Gasteiger partial charge >= 0.3 is 0 Å². The SMILES string of the molecule is CC1=CC[C@H]2C(=O)N(c3ccc(Cc4ccc(N5C(=O)[C@H]6CC(C)=CC[C@H]6C5=O)cc4)cc3)C(=O)[C@H]2C1. The Balaban J connectivity index is 1.14. The maximum atomic E-state index is 13.0. The Bertz CT molecular complexity index is 1260. The van der Waals surface area contributed by atoms with Crippen molar-refractivity contribution in [2.24, 2.45) is 23.7 Å². The van der Waals surface area contributed by atoms with Gasteiger partial charge < -0.3 is 0 Å².